The zero-order chi connectivity index (χ0) is 16.7. The van der Waals surface area contributed by atoms with Crippen molar-refractivity contribution in [3.05, 3.63) is 35.9 Å². The van der Waals surface area contributed by atoms with Gasteiger partial charge in [0.05, 0.1) is 13.2 Å². The maximum atomic E-state index is 12.2. The molecule has 2 rings (SSSR count). The molecule has 3 N–H and O–H groups in total. The van der Waals surface area contributed by atoms with Crippen LogP contribution < -0.4 is 11.1 Å². The van der Waals surface area contributed by atoms with Crippen molar-refractivity contribution in [3.8, 4) is 0 Å². The second kappa shape index (κ2) is 9.01. The lowest BCUT2D eigenvalue weighted by Crippen LogP contribution is -2.51. The molecule has 128 valence electrons. The Kier molecular flexibility index (Phi) is 7.02. The van der Waals surface area contributed by atoms with Crippen molar-refractivity contribution >= 4 is 5.91 Å². The number of ether oxygens (including phenoxy) is 1. The van der Waals surface area contributed by atoms with Crippen LogP contribution in [0.25, 0.3) is 0 Å². The van der Waals surface area contributed by atoms with Gasteiger partial charge in [0.1, 0.15) is 0 Å². The molecule has 1 fully saturated rings. The minimum atomic E-state index is -0.253. The van der Waals surface area contributed by atoms with E-state index in [-0.39, 0.29) is 11.9 Å². The third-order valence-electron chi connectivity index (χ3n) is 4.43. The highest BCUT2D eigenvalue weighted by Gasteiger charge is 2.24. The van der Waals surface area contributed by atoms with Gasteiger partial charge in [-0.05, 0) is 11.5 Å². The Morgan fingerprint density at radius 2 is 1.91 bits per heavy atom. The summed E-state index contributed by atoms with van der Waals surface area (Å²) in [5.74, 6) is 0.497. The molecule has 1 aliphatic rings. The summed E-state index contributed by atoms with van der Waals surface area (Å²) < 4.78 is 5.41. The van der Waals surface area contributed by atoms with E-state index in [0.717, 1.165) is 31.9 Å². The summed E-state index contributed by atoms with van der Waals surface area (Å²) in [6.45, 7) is 8.47. The summed E-state index contributed by atoms with van der Waals surface area (Å²) in [5.41, 5.74) is 7.11. The lowest BCUT2D eigenvalue weighted by atomic mass is 10.0. The fourth-order valence-electron chi connectivity index (χ4n) is 3.00. The third kappa shape index (κ3) is 5.61. The maximum absolute atomic E-state index is 12.2. The topological polar surface area (TPSA) is 67.6 Å². The Hall–Kier alpha value is -1.43. The molecule has 0 bridgehead atoms. The Balaban J connectivity index is 1.81. The number of nitrogens with two attached hydrogens (primary N) is 1. The highest BCUT2D eigenvalue weighted by Crippen LogP contribution is 2.14. The van der Waals surface area contributed by atoms with Gasteiger partial charge in [0.15, 0.2) is 0 Å². The standard InChI is InChI=1S/C18H29N3O2/c1-14(2)17(21-8-10-23-11-9-21)13-20-18(22)12-16(19)15-6-4-3-5-7-15/h3-7,14,16-17H,8-13,19H2,1-2H3,(H,20,22). The highest BCUT2D eigenvalue weighted by molar-refractivity contribution is 5.76. The number of nitrogens with one attached hydrogen (secondary N) is 1. The van der Waals surface area contributed by atoms with Gasteiger partial charge in [0.25, 0.3) is 0 Å². The molecule has 1 amide bonds. The van der Waals surface area contributed by atoms with E-state index in [0.29, 0.717) is 24.9 Å². The molecule has 2 atom stereocenters. The van der Waals surface area contributed by atoms with E-state index in [2.05, 4.69) is 24.1 Å². The molecular weight excluding hydrogens is 290 g/mol. The van der Waals surface area contributed by atoms with Gasteiger partial charge in [-0.15, -0.1) is 0 Å². The monoisotopic (exact) mass is 319 g/mol. The SMILES string of the molecule is CC(C)C(CNC(=O)CC(N)c1ccccc1)N1CCOCC1. The Bertz CT molecular complexity index is 472. The molecule has 1 saturated heterocycles. The van der Waals surface area contributed by atoms with Crippen molar-refractivity contribution in [2.75, 3.05) is 32.8 Å². The summed E-state index contributed by atoms with van der Waals surface area (Å²) in [7, 11) is 0. The first-order valence-corrected chi connectivity index (χ1v) is 8.47. The van der Waals surface area contributed by atoms with Crippen molar-refractivity contribution in [1.29, 1.82) is 0 Å². The van der Waals surface area contributed by atoms with E-state index < -0.39 is 0 Å². The van der Waals surface area contributed by atoms with Gasteiger partial charge >= 0.3 is 0 Å². The van der Waals surface area contributed by atoms with Gasteiger partial charge in [0.2, 0.25) is 5.91 Å². The van der Waals surface area contributed by atoms with Crippen LogP contribution >= 0.6 is 0 Å². The van der Waals surface area contributed by atoms with Crippen LogP contribution in [0.2, 0.25) is 0 Å². The second-order valence-electron chi connectivity index (χ2n) is 6.49. The summed E-state index contributed by atoms with van der Waals surface area (Å²) in [4.78, 5) is 14.6. The number of hydrogen-bond acceptors (Lipinski definition) is 4. The van der Waals surface area contributed by atoms with E-state index in [4.69, 9.17) is 10.5 Å². The molecule has 1 aromatic rings. The predicted molar refractivity (Wildman–Crippen MR) is 92.0 cm³/mol. The largest absolute Gasteiger partial charge is 0.379 e. The van der Waals surface area contributed by atoms with Crippen molar-refractivity contribution < 1.29 is 9.53 Å². The molecular formula is C18H29N3O2. The summed E-state index contributed by atoms with van der Waals surface area (Å²) >= 11 is 0. The van der Waals surface area contributed by atoms with Crippen molar-refractivity contribution in [2.45, 2.75) is 32.4 Å². The van der Waals surface area contributed by atoms with Crippen molar-refractivity contribution in [3.63, 3.8) is 0 Å². The van der Waals surface area contributed by atoms with Gasteiger partial charge in [-0.25, -0.2) is 0 Å². The van der Waals surface area contributed by atoms with E-state index in [9.17, 15) is 4.79 Å². The molecule has 2 unspecified atom stereocenters. The number of carbonyl (C=O) groups excluding carboxylic acids is 1. The van der Waals surface area contributed by atoms with Gasteiger partial charge in [-0.2, -0.15) is 0 Å². The van der Waals surface area contributed by atoms with Gasteiger partial charge in [0, 0.05) is 38.1 Å². The van der Waals surface area contributed by atoms with E-state index in [1.54, 1.807) is 0 Å². The predicted octanol–water partition coefficient (Wildman–Crippen LogP) is 1.55. The Morgan fingerprint density at radius 3 is 2.52 bits per heavy atom. The minimum Gasteiger partial charge on any atom is -0.379 e. The number of carbonyl (C=O) groups is 1. The molecule has 0 aromatic heterocycles. The normalized spacial score (nSPS) is 18.6. The van der Waals surface area contributed by atoms with E-state index in [1.165, 1.54) is 0 Å². The van der Waals surface area contributed by atoms with Crippen LogP contribution in [0, 0.1) is 5.92 Å². The first-order valence-electron chi connectivity index (χ1n) is 8.47. The quantitative estimate of drug-likeness (QED) is 0.800. The molecule has 5 nitrogen and oxygen atoms in total. The number of rotatable bonds is 7. The minimum absolute atomic E-state index is 0.0141. The third-order valence-corrected chi connectivity index (χ3v) is 4.43. The lowest BCUT2D eigenvalue weighted by molar-refractivity contribution is -0.121. The molecule has 5 heteroatoms. The zero-order valence-corrected chi connectivity index (χ0v) is 14.2. The smallest absolute Gasteiger partial charge is 0.221 e. The van der Waals surface area contributed by atoms with Crippen LogP contribution in [0.3, 0.4) is 0 Å². The van der Waals surface area contributed by atoms with Gasteiger partial charge in [-0.3, -0.25) is 9.69 Å². The Morgan fingerprint density at radius 1 is 1.26 bits per heavy atom. The molecule has 0 saturated carbocycles. The fourth-order valence-corrected chi connectivity index (χ4v) is 3.00. The Labute approximate surface area is 139 Å². The number of morpholine rings is 1. The van der Waals surface area contributed by atoms with Gasteiger partial charge in [-0.1, -0.05) is 44.2 Å². The number of nitrogens with zero attached hydrogens (tertiary/aromatic N) is 1. The van der Waals surface area contributed by atoms with E-state index >= 15 is 0 Å². The fraction of sp³-hybridized carbons (Fsp3) is 0.611. The average Bonchev–Trinajstić information content (AvgIpc) is 2.56. The first-order chi connectivity index (χ1) is 11.1. The number of amides is 1. The maximum Gasteiger partial charge on any atom is 0.221 e. The molecule has 23 heavy (non-hydrogen) atoms. The van der Waals surface area contributed by atoms with Crippen LogP contribution in [0.4, 0.5) is 0 Å². The average molecular weight is 319 g/mol. The molecule has 0 radical (unpaired) electrons. The lowest BCUT2D eigenvalue weighted by Gasteiger charge is -2.37. The highest BCUT2D eigenvalue weighted by atomic mass is 16.5. The molecule has 1 aliphatic heterocycles. The van der Waals surface area contributed by atoms with Crippen molar-refractivity contribution in [1.82, 2.24) is 10.2 Å². The molecule has 0 spiro atoms. The van der Waals surface area contributed by atoms with Gasteiger partial charge < -0.3 is 15.8 Å². The number of benzene rings is 1. The van der Waals surface area contributed by atoms with Crippen molar-refractivity contribution in [2.24, 2.45) is 11.7 Å². The second-order valence-corrected chi connectivity index (χ2v) is 6.49. The first kappa shape index (κ1) is 17.9. The summed E-state index contributed by atoms with van der Waals surface area (Å²) in [6.07, 6.45) is 0.317. The molecule has 1 heterocycles. The zero-order valence-electron chi connectivity index (χ0n) is 14.2. The van der Waals surface area contributed by atoms with E-state index in [1.807, 2.05) is 30.3 Å². The van der Waals surface area contributed by atoms with Crippen LogP contribution in [0.1, 0.15) is 31.9 Å². The van der Waals surface area contributed by atoms with Crippen LogP contribution in [-0.4, -0.2) is 49.7 Å². The van der Waals surface area contributed by atoms with Crippen LogP contribution in [0.5, 0.6) is 0 Å². The number of hydrogen-bond donors (Lipinski definition) is 2. The molecule has 0 aliphatic carbocycles. The van der Waals surface area contributed by atoms with Crippen LogP contribution in [-0.2, 0) is 9.53 Å². The molecule has 1 aromatic carbocycles. The summed E-state index contributed by atoms with van der Waals surface area (Å²) in [6, 6.07) is 9.85. The van der Waals surface area contributed by atoms with Crippen LogP contribution in [0.15, 0.2) is 30.3 Å². The summed E-state index contributed by atoms with van der Waals surface area (Å²) in [5, 5.41) is 3.06.